The van der Waals surface area contributed by atoms with Gasteiger partial charge in [-0.15, -0.1) is 0 Å². The Morgan fingerprint density at radius 1 is 1.60 bits per heavy atom. The lowest BCUT2D eigenvalue weighted by atomic mass is 10.3. The monoisotopic (exact) mass is 167 g/mol. The van der Waals surface area contributed by atoms with Gasteiger partial charge < -0.3 is 10.8 Å². The van der Waals surface area contributed by atoms with Crippen LogP contribution in [0.15, 0.2) is 0 Å². The van der Waals surface area contributed by atoms with Gasteiger partial charge in [-0.3, -0.25) is 0 Å². The van der Waals surface area contributed by atoms with Gasteiger partial charge >= 0.3 is 0 Å². The van der Waals surface area contributed by atoms with Crippen molar-refractivity contribution in [1.82, 2.24) is 0 Å². The maximum Gasteiger partial charge on any atom is 0.147 e. The summed E-state index contributed by atoms with van der Waals surface area (Å²) in [4.78, 5) is 0. The van der Waals surface area contributed by atoms with E-state index >= 15 is 0 Å². The largest absolute Gasteiger partial charge is 0.395 e. The highest BCUT2D eigenvalue weighted by Crippen LogP contribution is 1.91. The standard InChI is InChI=1S/C5H13NO3S/c1-10(8,9)3-2-5(6)4-7/h5,7H,2-4,6H2,1H3. The zero-order valence-electron chi connectivity index (χ0n) is 5.95. The Labute approximate surface area is 61.0 Å². The maximum atomic E-state index is 10.5. The first-order valence-electron chi connectivity index (χ1n) is 3.00. The molecule has 0 bridgehead atoms. The first-order valence-corrected chi connectivity index (χ1v) is 5.06. The molecule has 0 aromatic heterocycles. The average molecular weight is 167 g/mol. The molecule has 0 saturated heterocycles. The molecular weight excluding hydrogens is 154 g/mol. The van der Waals surface area contributed by atoms with Crippen LogP contribution in [0.1, 0.15) is 6.42 Å². The Morgan fingerprint density at radius 3 is 2.40 bits per heavy atom. The van der Waals surface area contributed by atoms with Crippen molar-refractivity contribution in [3.05, 3.63) is 0 Å². The minimum atomic E-state index is -2.92. The number of aliphatic hydroxyl groups excluding tert-OH is 1. The molecule has 0 aromatic rings. The molecule has 5 heteroatoms. The van der Waals surface area contributed by atoms with E-state index in [2.05, 4.69) is 0 Å². The van der Waals surface area contributed by atoms with E-state index in [9.17, 15) is 8.42 Å². The van der Waals surface area contributed by atoms with Gasteiger partial charge in [-0.25, -0.2) is 8.42 Å². The van der Waals surface area contributed by atoms with Crippen LogP contribution in [0.3, 0.4) is 0 Å². The smallest absolute Gasteiger partial charge is 0.147 e. The summed E-state index contributed by atoms with van der Waals surface area (Å²) in [5.74, 6) is 0.0503. The van der Waals surface area contributed by atoms with Crippen LogP contribution in [0.2, 0.25) is 0 Å². The zero-order valence-corrected chi connectivity index (χ0v) is 6.76. The average Bonchev–Trinajstić information content (AvgIpc) is 1.81. The molecule has 62 valence electrons. The summed E-state index contributed by atoms with van der Waals surface area (Å²) in [5.41, 5.74) is 5.27. The van der Waals surface area contributed by atoms with Gasteiger partial charge in [0, 0.05) is 12.3 Å². The minimum absolute atomic E-state index is 0.0503. The van der Waals surface area contributed by atoms with Crippen LogP contribution < -0.4 is 5.73 Å². The molecule has 0 saturated carbocycles. The molecule has 0 aliphatic carbocycles. The van der Waals surface area contributed by atoms with Crippen molar-refractivity contribution in [2.75, 3.05) is 18.6 Å². The Hall–Kier alpha value is -0.130. The molecule has 10 heavy (non-hydrogen) atoms. The van der Waals surface area contributed by atoms with Crippen molar-refractivity contribution < 1.29 is 13.5 Å². The molecule has 0 aromatic carbocycles. The highest BCUT2D eigenvalue weighted by Gasteiger charge is 2.05. The number of hydrogen-bond donors (Lipinski definition) is 2. The second-order valence-corrected chi connectivity index (χ2v) is 4.62. The fraction of sp³-hybridized carbons (Fsp3) is 1.00. The zero-order chi connectivity index (χ0) is 8.20. The molecule has 0 rings (SSSR count). The number of sulfone groups is 1. The van der Waals surface area contributed by atoms with Crippen molar-refractivity contribution in [3.63, 3.8) is 0 Å². The van der Waals surface area contributed by atoms with E-state index in [1.807, 2.05) is 0 Å². The van der Waals surface area contributed by atoms with E-state index in [1.54, 1.807) is 0 Å². The molecule has 0 aliphatic rings. The van der Waals surface area contributed by atoms with Gasteiger partial charge in [-0.05, 0) is 6.42 Å². The minimum Gasteiger partial charge on any atom is -0.395 e. The normalized spacial score (nSPS) is 15.1. The molecule has 0 spiro atoms. The number of aliphatic hydroxyl groups is 1. The van der Waals surface area contributed by atoms with Crippen LogP contribution in [0.5, 0.6) is 0 Å². The van der Waals surface area contributed by atoms with Crippen molar-refractivity contribution in [1.29, 1.82) is 0 Å². The molecule has 0 radical (unpaired) electrons. The van der Waals surface area contributed by atoms with Crippen LogP contribution in [0.25, 0.3) is 0 Å². The molecule has 1 unspecified atom stereocenters. The molecule has 1 atom stereocenters. The third-order valence-electron chi connectivity index (χ3n) is 1.09. The van der Waals surface area contributed by atoms with Gasteiger partial charge in [0.15, 0.2) is 0 Å². The fourth-order valence-corrected chi connectivity index (χ4v) is 1.19. The van der Waals surface area contributed by atoms with Crippen molar-refractivity contribution in [3.8, 4) is 0 Å². The molecule has 0 amide bonds. The summed E-state index contributed by atoms with van der Waals surface area (Å²) < 4.78 is 21.0. The van der Waals surface area contributed by atoms with E-state index in [0.29, 0.717) is 6.42 Å². The summed E-state index contributed by atoms with van der Waals surface area (Å²) in [6, 6.07) is -0.408. The van der Waals surface area contributed by atoms with E-state index in [0.717, 1.165) is 6.26 Å². The second kappa shape index (κ2) is 3.90. The molecule has 0 heterocycles. The highest BCUT2D eigenvalue weighted by atomic mass is 32.2. The van der Waals surface area contributed by atoms with E-state index < -0.39 is 15.9 Å². The lowest BCUT2D eigenvalue weighted by Gasteiger charge is -2.04. The van der Waals surface area contributed by atoms with E-state index in [-0.39, 0.29) is 12.4 Å². The van der Waals surface area contributed by atoms with Gasteiger partial charge in [-0.1, -0.05) is 0 Å². The third kappa shape index (κ3) is 6.00. The van der Waals surface area contributed by atoms with Crippen LogP contribution in [0, 0.1) is 0 Å². The summed E-state index contributed by atoms with van der Waals surface area (Å²) in [5, 5.41) is 8.41. The van der Waals surface area contributed by atoms with Gasteiger partial charge in [-0.2, -0.15) is 0 Å². The summed E-state index contributed by atoms with van der Waals surface area (Å²) in [6.45, 7) is -0.157. The molecule has 0 aliphatic heterocycles. The Balaban J connectivity index is 3.56. The lowest BCUT2D eigenvalue weighted by Crippen LogP contribution is -2.26. The van der Waals surface area contributed by atoms with Gasteiger partial charge in [0.05, 0.1) is 12.4 Å². The maximum absolute atomic E-state index is 10.5. The number of hydrogen-bond acceptors (Lipinski definition) is 4. The molecule has 4 nitrogen and oxygen atoms in total. The predicted molar refractivity (Wildman–Crippen MR) is 39.4 cm³/mol. The van der Waals surface area contributed by atoms with Crippen LogP contribution in [-0.4, -0.2) is 38.2 Å². The molecule has 3 N–H and O–H groups in total. The number of rotatable bonds is 4. The van der Waals surface area contributed by atoms with Gasteiger partial charge in [0.1, 0.15) is 9.84 Å². The summed E-state index contributed by atoms with van der Waals surface area (Å²) >= 11 is 0. The Kier molecular flexibility index (Phi) is 3.85. The van der Waals surface area contributed by atoms with Gasteiger partial charge in [0.2, 0.25) is 0 Å². The molecule has 0 fully saturated rings. The lowest BCUT2D eigenvalue weighted by molar-refractivity contribution is 0.263. The summed E-state index contributed by atoms with van der Waals surface area (Å²) in [6.07, 6.45) is 1.48. The van der Waals surface area contributed by atoms with Gasteiger partial charge in [0.25, 0.3) is 0 Å². The van der Waals surface area contributed by atoms with E-state index in [4.69, 9.17) is 10.8 Å². The van der Waals surface area contributed by atoms with Crippen molar-refractivity contribution in [2.45, 2.75) is 12.5 Å². The van der Waals surface area contributed by atoms with Crippen LogP contribution in [0.4, 0.5) is 0 Å². The molecular formula is C5H13NO3S. The second-order valence-electron chi connectivity index (χ2n) is 2.36. The van der Waals surface area contributed by atoms with Crippen molar-refractivity contribution in [2.24, 2.45) is 5.73 Å². The van der Waals surface area contributed by atoms with Crippen LogP contribution >= 0.6 is 0 Å². The van der Waals surface area contributed by atoms with E-state index in [1.165, 1.54) is 0 Å². The van der Waals surface area contributed by atoms with Crippen molar-refractivity contribution >= 4 is 9.84 Å². The Morgan fingerprint density at radius 2 is 2.10 bits per heavy atom. The van der Waals surface area contributed by atoms with Crippen LogP contribution in [-0.2, 0) is 9.84 Å². The topological polar surface area (TPSA) is 80.4 Å². The predicted octanol–water partition coefficient (Wildman–Crippen LogP) is -1.26. The quantitative estimate of drug-likeness (QED) is 0.547. The fourth-order valence-electron chi connectivity index (χ4n) is 0.457. The first-order chi connectivity index (χ1) is 4.45. The number of nitrogens with two attached hydrogens (primary N) is 1. The third-order valence-corrected chi connectivity index (χ3v) is 2.07. The highest BCUT2D eigenvalue weighted by molar-refractivity contribution is 7.90. The Bertz CT molecular complexity index is 175. The first kappa shape index (κ1) is 9.87. The summed E-state index contributed by atoms with van der Waals surface area (Å²) in [7, 11) is -2.92. The SMILES string of the molecule is CS(=O)(=O)CCC(N)CO.